The summed E-state index contributed by atoms with van der Waals surface area (Å²) in [4.78, 5) is 16.4. The van der Waals surface area contributed by atoms with Gasteiger partial charge in [0.05, 0.1) is 17.7 Å². The topological polar surface area (TPSA) is 104 Å². The number of thioether (sulfide) groups is 1. The van der Waals surface area contributed by atoms with Gasteiger partial charge in [-0.3, -0.25) is 4.79 Å². The third-order valence-electron chi connectivity index (χ3n) is 4.17. The lowest BCUT2D eigenvalue weighted by Gasteiger charge is -2.05. The zero-order chi connectivity index (χ0) is 22.9. The van der Waals surface area contributed by atoms with Crippen LogP contribution in [-0.4, -0.2) is 33.1 Å². The molecule has 1 heterocycles. The van der Waals surface area contributed by atoms with Crippen LogP contribution in [0.2, 0.25) is 0 Å². The first-order chi connectivity index (χ1) is 16.2. The molecule has 0 saturated heterocycles. The average Bonchev–Trinajstić information content (AvgIpc) is 3.28. The van der Waals surface area contributed by atoms with Gasteiger partial charge in [0, 0.05) is 4.47 Å². The van der Waals surface area contributed by atoms with E-state index in [2.05, 4.69) is 47.0 Å². The van der Waals surface area contributed by atoms with Crippen LogP contribution >= 0.6 is 27.7 Å². The van der Waals surface area contributed by atoms with Gasteiger partial charge in [0.2, 0.25) is 17.0 Å². The molecule has 0 aliphatic carbocycles. The van der Waals surface area contributed by atoms with Gasteiger partial charge in [0.15, 0.2) is 0 Å². The normalized spacial score (nSPS) is 10.8. The molecule has 166 valence electrons. The number of anilines is 2. The number of ether oxygens (including phenoxy) is 1. The number of rotatable bonds is 9. The Labute approximate surface area is 203 Å². The molecule has 0 saturated carbocycles. The number of carbonyl (C=O) groups excluding carboxylic acids is 1. The molecule has 0 aliphatic rings. The van der Waals surface area contributed by atoms with Crippen LogP contribution in [0, 0.1) is 0 Å². The second kappa shape index (κ2) is 11.3. The molecule has 4 rings (SSSR count). The highest BCUT2D eigenvalue weighted by atomic mass is 79.9. The lowest BCUT2D eigenvalue weighted by atomic mass is 10.2. The summed E-state index contributed by atoms with van der Waals surface area (Å²) < 4.78 is 6.65. The Morgan fingerprint density at radius 2 is 1.85 bits per heavy atom. The van der Waals surface area contributed by atoms with Gasteiger partial charge >= 0.3 is 0 Å². The Bertz CT molecular complexity index is 1250. The first kappa shape index (κ1) is 22.6. The minimum atomic E-state index is -0.151. The molecule has 0 aliphatic heterocycles. The van der Waals surface area contributed by atoms with Gasteiger partial charge in [0.25, 0.3) is 0 Å². The summed E-state index contributed by atoms with van der Waals surface area (Å²) in [7, 11) is 0. The number of nitrogens with one attached hydrogen (secondary N) is 3. The van der Waals surface area contributed by atoms with Crippen molar-refractivity contribution >= 4 is 51.4 Å². The summed E-state index contributed by atoms with van der Waals surface area (Å²) in [5.41, 5.74) is 4.37. The summed E-state index contributed by atoms with van der Waals surface area (Å²) >= 11 is 4.62. The zero-order valence-electron chi connectivity index (χ0n) is 17.2. The fourth-order valence-electron chi connectivity index (χ4n) is 2.69. The van der Waals surface area contributed by atoms with Crippen molar-refractivity contribution in [1.29, 1.82) is 0 Å². The summed E-state index contributed by atoms with van der Waals surface area (Å²) in [6.07, 6.45) is 1.65. The van der Waals surface area contributed by atoms with Crippen LogP contribution in [0.25, 0.3) is 0 Å². The number of amides is 1. The second-order valence-electron chi connectivity index (χ2n) is 6.64. The molecule has 0 fully saturated rings. The molecule has 10 heteroatoms. The van der Waals surface area contributed by atoms with E-state index in [1.165, 1.54) is 11.8 Å². The van der Waals surface area contributed by atoms with Gasteiger partial charge in [-0.25, -0.2) is 10.5 Å². The summed E-state index contributed by atoms with van der Waals surface area (Å²) in [6.45, 7) is 0. The van der Waals surface area contributed by atoms with E-state index in [-0.39, 0.29) is 11.7 Å². The quantitative estimate of drug-likeness (QED) is 0.151. The number of H-pyrrole nitrogens is 1. The number of para-hydroxylation sites is 2. The van der Waals surface area contributed by atoms with Crippen LogP contribution in [0.3, 0.4) is 0 Å². The first-order valence-corrected chi connectivity index (χ1v) is 11.7. The van der Waals surface area contributed by atoms with E-state index in [0.717, 1.165) is 15.8 Å². The number of nitrogens with zero attached hydrogens (tertiary/aromatic N) is 3. The predicted molar refractivity (Wildman–Crippen MR) is 134 cm³/mol. The molecule has 33 heavy (non-hydrogen) atoms. The second-order valence-corrected chi connectivity index (χ2v) is 8.44. The standard InChI is InChI=1S/C23H19BrN6O2S/c24-19-11-4-5-12-20(19)26-21(31)15-33-23-27-22(29-30-23)28-25-14-16-7-6-10-18(13-16)32-17-8-2-1-3-9-17/h1-14H,15H2,(H,26,31)(H2,27,28,29,30)/b25-14+. The van der Waals surface area contributed by atoms with Crippen LogP contribution in [-0.2, 0) is 4.79 Å². The van der Waals surface area contributed by atoms with Crippen molar-refractivity contribution in [3.8, 4) is 11.5 Å². The van der Waals surface area contributed by atoms with Crippen molar-refractivity contribution in [2.75, 3.05) is 16.5 Å². The molecule has 0 atom stereocenters. The van der Waals surface area contributed by atoms with E-state index in [1.807, 2.05) is 78.9 Å². The maximum Gasteiger partial charge on any atom is 0.240 e. The van der Waals surface area contributed by atoms with Gasteiger partial charge in [-0.05, 0) is 57.9 Å². The highest BCUT2D eigenvalue weighted by molar-refractivity contribution is 9.10. The molecule has 0 spiro atoms. The number of aromatic nitrogens is 3. The molecule has 1 amide bonds. The predicted octanol–water partition coefficient (Wildman–Crippen LogP) is 5.54. The molecule has 1 aromatic heterocycles. The lowest BCUT2D eigenvalue weighted by molar-refractivity contribution is -0.113. The monoisotopic (exact) mass is 522 g/mol. The summed E-state index contributed by atoms with van der Waals surface area (Å²) in [5, 5.41) is 14.3. The Morgan fingerprint density at radius 3 is 2.70 bits per heavy atom. The number of hydrogen-bond acceptors (Lipinski definition) is 7. The smallest absolute Gasteiger partial charge is 0.240 e. The van der Waals surface area contributed by atoms with Gasteiger partial charge < -0.3 is 10.1 Å². The van der Waals surface area contributed by atoms with Crippen molar-refractivity contribution in [3.63, 3.8) is 0 Å². The molecular formula is C23H19BrN6O2S. The summed E-state index contributed by atoms with van der Waals surface area (Å²) in [5.74, 6) is 1.88. The fourth-order valence-corrected chi connectivity index (χ4v) is 3.67. The minimum absolute atomic E-state index is 0.151. The van der Waals surface area contributed by atoms with E-state index in [1.54, 1.807) is 6.21 Å². The number of hydrogen-bond donors (Lipinski definition) is 3. The molecule has 3 aromatic carbocycles. The highest BCUT2D eigenvalue weighted by Gasteiger charge is 2.09. The van der Waals surface area contributed by atoms with Gasteiger partial charge in [-0.1, -0.05) is 54.2 Å². The van der Waals surface area contributed by atoms with Gasteiger partial charge in [-0.2, -0.15) is 10.1 Å². The molecule has 0 bridgehead atoms. The van der Waals surface area contributed by atoms with Crippen LogP contribution in [0.1, 0.15) is 5.56 Å². The lowest BCUT2D eigenvalue weighted by Crippen LogP contribution is -2.14. The van der Waals surface area contributed by atoms with Gasteiger partial charge in [-0.15, -0.1) is 5.10 Å². The Balaban J connectivity index is 1.26. The molecule has 0 unspecified atom stereocenters. The SMILES string of the molecule is O=C(CSc1n[nH]c(N/N=C/c2cccc(Oc3ccccc3)c2)n1)Nc1ccccc1Br. The Kier molecular flexibility index (Phi) is 7.72. The van der Waals surface area contributed by atoms with E-state index >= 15 is 0 Å². The number of hydrazone groups is 1. The highest BCUT2D eigenvalue weighted by Crippen LogP contribution is 2.23. The Morgan fingerprint density at radius 1 is 1.06 bits per heavy atom. The average molecular weight is 523 g/mol. The molecule has 0 radical (unpaired) electrons. The summed E-state index contributed by atoms with van der Waals surface area (Å²) in [6, 6.07) is 24.6. The molecule has 4 aromatic rings. The minimum Gasteiger partial charge on any atom is -0.457 e. The third kappa shape index (κ3) is 6.93. The van der Waals surface area contributed by atoms with Crippen molar-refractivity contribution in [2.24, 2.45) is 5.10 Å². The maximum atomic E-state index is 12.1. The number of carbonyl (C=O) groups is 1. The van der Waals surface area contributed by atoms with Crippen LogP contribution in [0.15, 0.2) is 93.6 Å². The van der Waals surface area contributed by atoms with Crippen molar-refractivity contribution < 1.29 is 9.53 Å². The zero-order valence-corrected chi connectivity index (χ0v) is 19.6. The first-order valence-electron chi connectivity index (χ1n) is 9.87. The van der Waals surface area contributed by atoms with E-state index < -0.39 is 0 Å². The van der Waals surface area contributed by atoms with Crippen LogP contribution in [0.5, 0.6) is 11.5 Å². The van der Waals surface area contributed by atoms with E-state index in [4.69, 9.17) is 4.74 Å². The molecule has 8 nitrogen and oxygen atoms in total. The molecule has 3 N–H and O–H groups in total. The van der Waals surface area contributed by atoms with Crippen molar-refractivity contribution in [1.82, 2.24) is 15.2 Å². The number of aromatic amines is 1. The van der Waals surface area contributed by atoms with Crippen LogP contribution < -0.4 is 15.5 Å². The molecular weight excluding hydrogens is 504 g/mol. The Hall–Kier alpha value is -3.63. The van der Waals surface area contributed by atoms with E-state index in [9.17, 15) is 4.79 Å². The van der Waals surface area contributed by atoms with Crippen molar-refractivity contribution in [2.45, 2.75) is 5.16 Å². The maximum absolute atomic E-state index is 12.1. The van der Waals surface area contributed by atoms with Crippen LogP contribution in [0.4, 0.5) is 11.6 Å². The van der Waals surface area contributed by atoms with Gasteiger partial charge in [0.1, 0.15) is 11.5 Å². The number of halogens is 1. The third-order valence-corrected chi connectivity index (χ3v) is 5.71. The largest absolute Gasteiger partial charge is 0.457 e. The van der Waals surface area contributed by atoms with Crippen molar-refractivity contribution in [3.05, 3.63) is 88.9 Å². The fraction of sp³-hybridized carbons (Fsp3) is 0.0435. The van der Waals surface area contributed by atoms with E-state index in [0.29, 0.717) is 22.5 Å². The number of benzene rings is 3.